The number of aliphatic hydroxyl groups excluding tert-OH is 1. The van der Waals surface area contributed by atoms with Gasteiger partial charge in [-0.2, -0.15) is 10.2 Å². The van der Waals surface area contributed by atoms with E-state index in [2.05, 4.69) is 30.1 Å². The first-order valence-electron chi connectivity index (χ1n) is 11.6. The molecule has 0 amide bonds. The third-order valence-corrected chi connectivity index (χ3v) is 9.07. The zero-order valence-electron chi connectivity index (χ0n) is 18.1. The molecule has 160 valence electrons. The third-order valence-electron chi connectivity index (χ3n) is 9.07. The molecular formula is C26H33FN2O. The summed E-state index contributed by atoms with van der Waals surface area (Å²) in [6.07, 6.45) is 12.9. The number of halogens is 1. The quantitative estimate of drug-likeness (QED) is 0.368. The average Bonchev–Trinajstić information content (AvgIpc) is 3.06. The molecular weight excluding hydrogens is 375 g/mol. The monoisotopic (exact) mass is 408 g/mol. The Morgan fingerprint density at radius 1 is 1.03 bits per heavy atom. The second kappa shape index (κ2) is 7.40. The molecule has 0 aromatic heterocycles. The first kappa shape index (κ1) is 20.1. The van der Waals surface area contributed by atoms with Gasteiger partial charge in [-0.15, -0.1) is 0 Å². The van der Waals surface area contributed by atoms with Crippen LogP contribution in [0.15, 0.2) is 46.1 Å². The lowest BCUT2D eigenvalue weighted by atomic mass is 9.48. The molecule has 0 unspecified atom stereocenters. The summed E-state index contributed by atoms with van der Waals surface area (Å²) in [5.74, 6) is 1.91. The molecule has 0 aliphatic heterocycles. The normalized spacial score (nSPS) is 42.0. The minimum atomic E-state index is -0.229. The van der Waals surface area contributed by atoms with E-state index >= 15 is 0 Å². The molecule has 6 atom stereocenters. The summed E-state index contributed by atoms with van der Waals surface area (Å²) in [6.45, 7) is 4.89. The number of hydrogen-bond acceptors (Lipinski definition) is 3. The van der Waals surface area contributed by atoms with Crippen molar-refractivity contribution in [2.45, 2.75) is 71.3 Å². The molecule has 5 rings (SSSR count). The lowest BCUT2D eigenvalue weighted by Gasteiger charge is -2.57. The summed E-state index contributed by atoms with van der Waals surface area (Å²) in [4.78, 5) is 0. The Bertz CT molecular complexity index is 904. The van der Waals surface area contributed by atoms with Crippen molar-refractivity contribution in [3.63, 3.8) is 0 Å². The van der Waals surface area contributed by atoms with Crippen molar-refractivity contribution >= 4 is 11.9 Å². The van der Waals surface area contributed by atoms with Crippen LogP contribution in [0.25, 0.3) is 0 Å². The van der Waals surface area contributed by atoms with Crippen molar-refractivity contribution < 1.29 is 9.50 Å². The van der Waals surface area contributed by atoms with Gasteiger partial charge in [0, 0.05) is 11.1 Å². The van der Waals surface area contributed by atoms with Crippen LogP contribution in [0, 0.1) is 34.4 Å². The van der Waals surface area contributed by atoms with Gasteiger partial charge in [0.05, 0.1) is 12.3 Å². The molecule has 0 saturated heterocycles. The number of benzene rings is 1. The van der Waals surface area contributed by atoms with Crippen molar-refractivity contribution in [2.75, 3.05) is 0 Å². The summed E-state index contributed by atoms with van der Waals surface area (Å²) in [5, 5.41) is 19.2. The van der Waals surface area contributed by atoms with E-state index in [-0.39, 0.29) is 22.8 Å². The molecule has 30 heavy (non-hydrogen) atoms. The van der Waals surface area contributed by atoms with Crippen molar-refractivity contribution in [1.29, 1.82) is 0 Å². The molecule has 3 saturated carbocycles. The average molecular weight is 409 g/mol. The molecule has 1 N–H and O–H groups in total. The number of nitrogens with zero attached hydrogens (tertiary/aromatic N) is 2. The van der Waals surface area contributed by atoms with Crippen LogP contribution >= 0.6 is 0 Å². The standard InChI is InChI=1S/C26H33FN2O/c1-25-13-11-20(30)15-18(25)5-8-21-22-9-10-24(26(22,2)14-12-23(21)25)29-28-16-17-3-6-19(27)7-4-17/h3-7,16,20-23,30H,8-15H2,1-2H3/b28-16+,29-24?/t20-,21-,22-,23-,25-,26-/m0/s1. The zero-order chi connectivity index (χ0) is 20.9. The smallest absolute Gasteiger partial charge is 0.123 e. The van der Waals surface area contributed by atoms with Gasteiger partial charge in [0.2, 0.25) is 0 Å². The summed E-state index contributed by atoms with van der Waals surface area (Å²) in [5.41, 5.74) is 4.09. The predicted octanol–water partition coefficient (Wildman–Crippen LogP) is 5.92. The van der Waals surface area contributed by atoms with Gasteiger partial charge < -0.3 is 5.11 Å². The van der Waals surface area contributed by atoms with Gasteiger partial charge in [0.15, 0.2) is 0 Å². The number of hydrogen-bond donors (Lipinski definition) is 1. The predicted molar refractivity (Wildman–Crippen MR) is 119 cm³/mol. The molecule has 4 aliphatic rings. The van der Waals surface area contributed by atoms with Gasteiger partial charge in [-0.25, -0.2) is 4.39 Å². The molecule has 0 heterocycles. The second-order valence-electron chi connectivity index (χ2n) is 10.5. The summed E-state index contributed by atoms with van der Waals surface area (Å²) >= 11 is 0. The highest BCUT2D eigenvalue weighted by Gasteiger charge is 2.57. The van der Waals surface area contributed by atoms with Gasteiger partial charge in [-0.1, -0.05) is 37.6 Å². The fourth-order valence-corrected chi connectivity index (χ4v) is 7.31. The molecule has 4 aliphatic carbocycles. The van der Waals surface area contributed by atoms with E-state index in [1.165, 1.54) is 42.7 Å². The molecule has 3 fully saturated rings. The molecule has 0 bridgehead atoms. The lowest BCUT2D eigenvalue weighted by molar-refractivity contribution is -0.0209. The first-order chi connectivity index (χ1) is 14.4. The van der Waals surface area contributed by atoms with Gasteiger partial charge >= 0.3 is 0 Å². The van der Waals surface area contributed by atoms with E-state index in [0.717, 1.165) is 49.5 Å². The van der Waals surface area contributed by atoms with Crippen molar-refractivity contribution in [3.05, 3.63) is 47.3 Å². The summed E-state index contributed by atoms with van der Waals surface area (Å²) < 4.78 is 13.1. The minimum absolute atomic E-state index is 0.140. The Kier molecular flexibility index (Phi) is 4.96. The van der Waals surface area contributed by atoms with Crippen molar-refractivity contribution in [3.8, 4) is 0 Å². The van der Waals surface area contributed by atoms with E-state index in [1.54, 1.807) is 18.3 Å². The van der Waals surface area contributed by atoms with E-state index in [4.69, 9.17) is 0 Å². The summed E-state index contributed by atoms with van der Waals surface area (Å²) in [7, 11) is 0. The zero-order valence-corrected chi connectivity index (χ0v) is 18.1. The number of fused-ring (bicyclic) bond motifs is 5. The number of aliphatic hydroxyl groups is 1. The maximum atomic E-state index is 13.1. The van der Waals surface area contributed by atoms with Gasteiger partial charge in [0.1, 0.15) is 5.82 Å². The van der Waals surface area contributed by atoms with E-state index in [0.29, 0.717) is 5.92 Å². The van der Waals surface area contributed by atoms with Crippen LogP contribution in [0.4, 0.5) is 4.39 Å². The van der Waals surface area contributed by atoms with Gasteiger partial charge in [0.25, 0.3) is 0 Å². The van der Waals surface area contributed by atoms with Crippen LogP contribution in [0.5, 0.6) is 0 Å². The Labute approximate surface area is 179 Å². The minimum Gasteiger partial charge on any atom is -0.393 e. The van der Waals surface area contributed by atoms with Crippen LogP contribution in [-0.2, 0) is 0 Å². The van der Waals surface area contributed by atoms with Gasteiger partial charge in [-0.3, -0.25) is 0 Å². The van der Waals surface area contributed by atoms with E-state index in [1.807, 2.05) is 0 Å². The van der Waals surface area contributed by atoms with Gasteiger partial charge in [-0.05, 0) is 92.2 Å². The van der Waals surface area contributed by atoms with E-state index in [9.17, 15) is 9.50 Å². The van der Waals surface area contributed by atoms with Crippen LogP contribution in [0.1, 0.15) is 70.8 Å². The molecule has 1 aromatic carbocycles. The third kappa shape index (κ3) is 3.19. The molecule has 0 radical (unpaired) electrons. The van der Waals surface area contributed by atoms with Crippen LogP contribution in [0.3, 0.4) is 0 Å². The fourth-order valence-electron chi connectivity index (χ4n) is 7.31. The topological polar surface area (TPSA) is 45.0 Å². The van der Waals surface area contributed by atoms with Crippen molar-refractivity contribution in [2.24, 2.45) is 38.8 Å². The highest BCUT2D eigenvalue weighted by atomic mass is 19.1. The molecule has 1 aromatic rings. The number of rotatable bonds is 2. The second-order valence-corrected chi connectivity index (χ2v) is 10.5. The highest BCUT2D eigenvalue weighted by Crippen LogP contribution is 2.64. The maximum Gasteiger partial charge on any atom is 0.123 e. The Hall–Kier alpha value is -1.81. The Morgan fingerprint density at radius 2 is 1.77 bits per heavy atom. The summed E-state index contributed by atoms with van der Waals surface area (Å²) in [6, 6.07) is 6.38. The SMILES string of the molecule is C[C@]12CC[C@H](O)CC1=CC[C@@H]1[C@@H]2CC[C@]2(C)C(=N/N=C/c3ccc(F)cc3)CC[C@@H]12. The van der Waals surface area contributed by atoms with E-state index < -0.39 is 0 Å². The largest absolute Gasteiger partial charge is 0.393 e. The molecule has 4 heteroatoms. The van der Waals surface area contributed by atoms with Crippen LogP contribution in [-0.4, -0.2) is 23.1 Å². The molecule has 0 spiro atoms. The maximum absolute atomic E-state index is 13.1. The van der Waals surface area contributed by atoms with Crippen LogP contribution in [0.2, 0.25) is 0 Å². The highest BCUT2D eigenvalue weighted by molar-refractivity contribution is 5.93. The van der Waals surface area contributed by atoms with Crippen molar-refractivity contribution in [1.82, 2.24) is 0 Å². The van der Waals surface area contributed by atoms with Crippen LogP contribution < -0.4 is 0 Å². The molecule has 3 nitrogen and oxygen atoms in total. The number of allylic oxidation sites excluding steroid dienone is 1. The fraction of sp³-hybridized carbons (Fsp3) is 0.615. The Morgan fingerprint density at radius 3 is 2.57 bits per heavy atom. The first-order valence-corrected chi connectivity index (χ1v) is 11.6. The lowest BCUT2D eigenvalue weighted by Crippen LogP contribution is -2.50. The Balaban J connectivity index is 1.37.